The highest BCUT2D eigenvalue weighted by Gasteiger charge is 2.39. The summed E-state index contributed by atoms with van der Waals surface area (Å²) < 4.78 is 2.25. The third kappa shape index (κ3) is 4.29. The zero-order valence-electron chi connectivity index (χ0n) is 17.9. The number of benzene rings is 1. The lowest BCUT2D eigenvalue weighted by Gasteiger charge is -2.39. The molecule has 1 aromatic heterocycles. The number of nitrogens with zero attached hydrogens (tertiary/aromatic N) is 4. The van der Waals surface area contributed by atoms with Gasteiger partial charge < -0.3 is 9.47 Å². The lowest BCUT2D eigenvalue weighted by molar-refractivity contribution is -0.139. The van der Waals surface area contributed by atoms with Crippen molar-refractivity contribution in [3.8, 4) is 0 Å². The van der Waals surface area contributed by atoms with Crippen LogP contribution in [0.25, 0.3) is 0 Å². The Morgan fingerprint density at radius 1 is 1.20 bits per heavy atom. The zero-order chi connectivity index (χ0) is 21.4. The topological polar surface area (TPSA) is 68.1 Å². The lowest BCUT2D eigenvalue weighted by atomic mass is 9.97. The molecule has 1 amide bonds. The molecule has 4 rings (SSSR count). The highest BCUT2D eigenvalue weighted by atomic mass is 35.5. The monoisotopic (exact) mass is 428 g/mol. The Morgan fingerprint density at radius 2 is 1.93 bits per heavy atom. The fourth-order valence-corrected chi connectivity index (χ4v) is 4.29. The molecule has 0 atom stereocenters. The number of halogens is 1. The van der Waals surface area contributed by atoms with E-state index in [0.29, 0.717) is 30.3 Å². The van der Waals surface area contributed by atoms with Crippen molar-refractivity contribution in [2.75, 3.05) is 13.1 Å². The fourth-order valence-electron chi connectivity index (χ4n) is 4.10. The Hall–Kier alpha value is -2.21. The van der Waals surface area contributed by atoms with Crippen LogP contribution in [0, 0.1) is 12.8 Å². The largest absolute Gasteiger partial charge is 0.341 e. The van der Waals surface area contributed by atoms with Crippen molar-refractivity contribution in [1.82, 2.24) is 19.7 Å². The second kappa shape index (κ2) is 8.50. The van der Waals surface area contributed by atoms with Gasteiger partial charge in [0.05, 0.1) is 5.92 Å². The molecular formula is C23H29ClN4O2. The van der Waals surface area contributed by atoms with Gasteiger partial charge in [-0.2, -0.15) is 0 Å². The first-order chi connectivity index (χ1) is 14.3. The summed E-state index contributed by atoms with van der Waals surface area (Å²) in [5, 5.41) is 9.60. The van der Waals surface area contributed by atoms with Gasteiger partial charge in [0, 0.05) is 49.3 Å². The average Bonchev–Trinajstić information content (AvgIpc) is 3.43. The van der Waals surface area contributed by atoms with Crippen LogP contribution >= 0.6 is 11.6 Å². The Morgan fingerprint density at radius 3 is 2.60 bits per heavy atom. The molecule has 160 valence electrons. The zero-order valence-corrected chi connectivity index (χ0v) is 18.7. The molecule has 2 aromatic rings. The molecule has 0 spiro atoms. The first kappa shape index (κ1) is 21.0. The molecule has 2 fully saturated rings. The molecule has 0 radical (unpaired) electrons. The Bertz CT molecular complexity index is 958. The van der Waals surface area contributed by atoms with Crippen LogP contribution in [-0.4, -0.2) is 44.4 Å². The predicted molar refractivity (Wildman–Crippen MR) is 116 cm³/mol. The molecular weight excluding hydrogens is 400 g/mol. The SMILES string of the molecule is Cc1c(Cl)cccc1CC(=O)CCc1nnc(C2CN(C(=O)C(C)C)C2)n1C1CC1. The standard InChI is InChI=1S/C23H29ClN4O2/c1-14(2)23(30)27-12-17(13-27)22-26-25-21(28(22)18-7-8-18)10-9-19(29)11-16-5-4-6-20(24)15(16)3/h4-6,14,17-18H,7-13H2,1-3H3. The summed E-state index contributed by atoms with van der Waals surface area (Å²) in [5.41, 5.74) is 1.96. The van der Waals surface area contributed by atoms with Gasteiger partial charge in [0.2, 0.25) is 5.91 Å². The maximum Gasteiger partial charge on any atom is 0.225 e. The van der Waals surface area contributed by atoms with Crippen molar-refractivity contribution in [3.05, 3.63) is 46.0 Å². The Labute approximate surface area is 182 Å². The number of aromatic nitrogens is 3. The molecule has 1 saturated carbocycles. The number of likely N-dealkylation sites (tertiary alicyclic amines) is 1. The molecule has 2 aliphatic rings. The molecule has 1 aliphatic carbocycles. The van der Waals surface area contributed by atoms with Gasteiger partial charge in [0.25, 0.3) is 0 Å². The van der Waals surface area contributed by atoms with Gasteiger partial charge in [-0.25, -0.2) is 0 Å². The van der Waals surface area contributed by atoms with E-state index in [1.54, 1.807) is 0 Å². The normalized spacial score (nSPS) is 16.8. The van der Waals surface area contributed by atoms with E-state index < -0.39 is 0 Å². The van der Waals surface area contributed by atoms with Crippen molar-refractivity contribution in [3.63, 3.8) is 0 Å². The van der Waals surface area contributed by atoms with Crippen LogP contribution in [-0.2, 0) is 22.4 Å². The van der Waals surface area contributed by atoms with Gasteiger partial charge in [-0.05, 0) is 37.0 Å². The molecule has 1 aromatic carbocycles. The van der Waals surface area contributed by atoms with E-state index in [-0.39, 0.29) is 23.5 Å². The number of carbonyl (C=O) groups is 2. The number of hydrogen-bond acceptors (Lipinski definition) is 4. The van der Waals surface area contributed by atoms with Crippen LogP contribution in [0.1, 0.15) is 67.8 Å². The molecule has 0 bridgehead atoms. The van der Waals surface area contributed by atoms with E-state index in [1.807, 2.05) is 43.9 Å². The van der Waals surface area contributed by atoms with Crippen LogP contribution < -0.4 is 0 Å². The number of Topliss-reactive ketones (excluding diaryl/α,β-unsaturated/α-hetero) is 1. The fraction of sp³-hybridized carbons (Fsp3) is 0.565. The van der Waals surface area contributed by atoms with Gasteiger partial charge in [0.1, 0.15) is 17.4 Å². The molecule has 6 nitrogen and oxygen atoms in total. The minimum atomic E-state index is 0.0250. The predicted octanol–water partition coefficient (Wildman–Crippen LogP) is 3.90. The van der Waals surface area contributed by atoms with Crippen LogP contribution in [0.4, 0.5) is 0 Å². The van der Waals surface area contributed by atoms with Crippen LogP contribution in [0.2, 0.25) is 5.02 Å². The minimum Gasteiger partial charge on any atom is -0.341 e. The lowest BCUT2D eigenvalue weighted by Crippen LogP contribution is -2.50. The number of ketones is 1. The Balaban J connectivity index is 1.39. The first-order valence-electron chi connectivity index (χ1n) is 10.8. The number of rotatable bonds is 8. The third-order valence-electron chi connectivity index (χ3n) is 6.15. The smallest absolute Gasteiger partial charge is 0.225 e. The summed E-state index contributed by atoms with van der Waals surface area (Å²) in [6.07, 6.45) is 3.71. The van der Waals surface area contributed by atoms with Crippen LogP contribution in [0.3, 0.4) is 0 Å². The van der Waals surface area contributed by atoms with Crippen molar-refractivity contribution >= 4 is 23.3 Å². The molecule has 1 saturated heterocycles. The molecule has 0 N–H and O–H groups in total. The van der Waals surface area contributed by atoms with Gasteiger partial charge in [-0.15, -0.1) is 10.2 Å². The second-order valence-electron chi connectivity index (χ2n) is 8.91. The van der Waals surface area contributed by atoms with Gasteiger partial charge in [-0.3, -0.25) is 9.59 Å². The van der Waals surface area contributed by atoms with Crippen molar-refractivity contribution in [2.45, 2.75) is 64.8 Å². The number of carbonyl (C=O) groups excluding carboxylic acids is 2. The van der Waals surface area contributed by atoms with E-state index >= 15 is 0 Å². The quantitative estimate of drug-likeness (QED) is 0.639. The van der Waals surface area contributed by atoms with Crippen molar-refractivity contribution in [1.29, 1.82) is 0 Å². The van der Waals surface area contributed by atoms with Crippen LogP contribution in [0.5, 0.6) is 0 Å². The van der Waals surface area contributed by atoms with Gasteiger partial charge in [0.15, 0.2) is 0 Å². The van der Waals surface area contributed by atoms with E-state index in [2.05, 4.69) is 14.8 Å². The van der Waals surface area contributed by atoms with E-state index in [0.717, 1.165) is 48.7 Å². The molecule has 1 aliphatic heterocycles. The van der Waals surface area contributed by atoms with E-state index in [9.17, 15) is 9.59 Å². The molecule has 7 heteroatoms. The summed E-state index contributed by atoms with van der Waals surface area (Å²) in [6, 6.07) is 6.15. The molecule has 30 heavy (non-hydrogen) atoms. The van der Waals surface area contributed by atoms with Crippen LogP contribution in [0.15, 0.2) is 18.2 Å². The maximum absolute atomic E-state index is 12.6. The maximum atomic E-state index is 12.6. The minimum absolute atomic E-state index is 0.0250. The third-order valence-corrected chi connectivity index (χ3v) is 6.56. The summed E-state index contributed by atoms with van der Waals surface area (Å²) in [6.45, 7) is 7.25. The van der Waals surface area contributed by atoms with E-state index in [1.165, 1.54) is 0 Å². The van der Waals surface area contributed by atoms with Gasteiger partial charge >= 0.3 is 0 Å². The summed E-state index contributed by atoms with van der Waals surface area (Å²) >= 11 is 6.17. The summed E-state index contributed by atoms with van der Waals surface area (Å²) in [7, 11) is 0. The Kier molecular flexibility index (Phi) is 5.96. The highest BCUT2D eigenvalue weighted by molar-refractivity contribution is 6.31. The molecule has 2 heterocycles. The number of hydrogen-bond donors (Lipinski definition) is 0. The van der Waals surface area contributed by atoms with Gasteiger partial charge in [-0.1, -0.05) is 37.6 Å². The first-order valence-corrected chi connectivity index (χ1v) is 11.2. The van der Waals surface area contributed by atoms with E-state index in [4.69, 9.17) is 11.6 Å². The summed E-state index contributed by atoms with van der Waals surface area (Å²) in [5.74, 6) is 2.54. The van der Waals surface area contributed by atoms with Crippen molar-refractivity contribution in [2.24, 2.45) is 5.92 Å². The number of aryl methyl sites for hydroxylation is 1. The molecule has 0 unspecified atom stereocenters. The number of amides is 1. The van der Waals surface area contributed by atoms with Crippen molar-refractivity contribution < 1.29 is 9.59 Å². The second-order valence-corrected chi connectivity index (χ2v) is 9.32. The summed E-state index contributed by atoms with van der Waals surface area (Å²) in [4.78, 5) is 26.6. The highest BCUT2D eigenvalue weighted by Crippen LogP contribution is 2.40. The average molecular weight is 429 g/mol.